The van der Waals surface area contributed by atoms with Crippen molar-refractivity contribution in [1.29, 1.82) is 0 Å². The lowest BCUT2D eigenvalue weighted by atomic mass is 9.92. The van der Waals surface area contributed by atoms with Crippen LogP contribution in [0.2, 0.25) is 0 Å². The fourth-order valence-electron chi connectivity index (χ4n) is 1.48. The van der Waals surface area contributed by atoms with Gasteiger partial charge in [0.15, 0.2) is 0 Å². The van der Waals surface area contributed by atoms with E-state index >= 15 is 0 Å². The van der Waals surface area contributed by atoms with Crippen LogP contribution in [0.25, 0.3) is 0 Å². The Balaban J connectivity index is 4.11. The van der Waals surface area contributed by atoms with Crippen molar-refractivity contribution in [3.05, 3.63) is 0 Å². The molecule has 0 heterocycles. The summed E-state index contributed by atoms with van der Waals surface area (Å²) in [4.78, 5) is 11.6. The van der Waals surface area contributed by atoms with Gasteiger partial charge in [-0.2, -0.15) is 0 Å². The Morgan fingerprint density at radius 3 is 2.27 bits per heavy atom. The fraction of sp³-hybridized carbons (Fsp3) is 0.909. The molecular formula is C11H25N3O. The quantitative estimate of drug-likeness (QED) is 0.586. The first-order valence-corrected chi connectivity index (χ1v) is 5.76. The average molecular weight is 215 g/mol. The van der Waals surface area contributed by atoms with Crippen molar-refractivity contribution in [2.45, 2.75) is 58.0 Å². The van der Waals surface area contributed by atoms with E-state index in [9.17, 15) is 4.79 Å². The van der Waals surface area contributed by atoms with Gasteiger partial charge in [-0.25, -0.2) is 0 Å². The maximum absolute atomic E-state index is 11.6. The van der Waals surface area contributed by atoms with Crippen LogP contribution < -0.4 is 16.8 Å². The Kier molecular flexibility index (Phi) is 6.52. The van der Waals surface area contributed by atoms with Crippen molar-refractivity contribution < 1.29 is 4.79 Å². The molecule has 0 aromatic heterocycles. The molecule has 1 amide bonds. The molecule has 0 spiro atoms. The summed E-state index contributed by atoms with van der Waals surface area (Å²) in [6.07, 6.45) is 2.94. The first kappa shape index (κ1) is 14.4. The molecule has 4 heteroatoms. The molecule has 0 saturated carbocycles. The molecule has 0 aliphatic heterocycles. The summed E-state index contributed by atoms with van der Waals surface area (Å²) in [6, 6.07) is 0.0753. The standard InChI is InChI=1S/C11H25N3O/c1-4-11(5-2,8-12)14-10(15)7-6-9(3)13/h9H,4-8,12-13H2,1-3H3,(H,14,15). The molecule has 0 rings (SSSR count). The van der Waals surface area contributed by atoms with Gasteiger partial charge in [-0.1, -0.05) is 13.8 Å². The molecule has 0 fully saturated rings. The number of hydrogen-bond acceptors (Lipinski definition) is 3. The van der Waals surface area contributed by atoms with Crippen LogP contribution >= 0.6 is 0 Å². The predicted octanol–water partition coefficient (Wildman–Crippen LogP) is 0.748. The molecule has 1 atom stereocenters. The summed E-state index contributed by atoms with van der Waals surface area (Å²) in [5.74, 6) is 0.0569. The number of nitrogens with one attached hydrogen (secondary N) is 1. The van der Waals surface area contributed by atoms with Crippen LogP contribution in [0.4, 0.5) is 0 Å². The van der Waals surface area contributed by atoms with Crippen molar-refractivity contribution >= 4 is 5.91 Å². The van der Waals surface area contributed by atoms with Crippen LogP contribution in [0.3, 0.4) is 0 Å². The number of hydrogen-bond donors (Lipinski definition) is 3. The molecule has 1 unspecified atom stereocenters. The Morgan fingerprint density at radius 1 is 1.40 bits per heavy atom. The van der Waals surface area contributed by atoms with Gasteiger partial charge in [-0.05, 0) is 26.2 Å². The van der Waals surface area contributed by atoms with Gasteiger partial charge < -0.3 is 16.8 Å². The zero-order valence-corrected chi connectivity index (χ0v) is 10.2. The summed E-state index contributed by atoms with van der Waals surface area (Å²) in [6.45, 7) is 6.48. The zero-order valence-electron chi connectivity index (χ0n) is 10.2. The molecule has 0 aliphatic carbocycles. The lowest BCUT2D eigenvalue weighted by Crippen LogP contribution is -2.53. The van der Waals surface area contributed by atoms with Gasteiger partial charge in [0, 0.05) is 19.0 Å². The Morgan fingerprint density at radius 2 is 1.93 bits per heavy atom. The number of amides is 1. The van der Waals surface area contributed by atoms with Gasteiger partial charge in [0.05, 0.1) is 5.54 Å². The van der Waals surface area contributed by atoms with Crippen LogP contribution in [0.5, 0.6) is 0 Å². The summed E-state index contributed by atoms with van der Waals surface area (Å²) >= 11 is 0. The maximum Gasteiger partial charge on any atom is 0.220 e. The second kappa shape index (κ2) is 6.80. The zero-order chi connectivity index (χ0) is 11.9. The van der Waals surface area contributed by atoms with Crippen molar-refractivity contribution in [2.75, 3.05) is 6.54 Å². The average Bonchev–Trinajstić information content (AvgIpc) is 2.23. The van der Waals surface area contributed by atoms with Gasteiger partial charge in [0.1, 0.15) is 0 Å². The number of carbonyl (C=O) groups is 1. The second-order valence-corrected chi connectivity index (χ2v) is 4.26. The first-order chi connectivity index (χ1) is 6.99. The number of carbonyl (C=O) groups excluding carboxylic acids is 1. The molecule has 0 saturated heterocycles. The lowest BCUT2D eigenvalue weighted by molar-refractivity contribution is -0.123. The van der Waals surface area contributed by atoms with E-state index in [1.807, 2.05) is 20.8 Å². The largest absolute Gasteiger partial charge is 0.349 e. The smallest absolute Gasteiger partial charge is 0.220 e. The van der Waals surface area contributed by atoms with Gasteiger partial charge in [0.2, 0.25) is 5.91 Å². The highest BCUT2D eigenvalue weighted by atomic mass is 16.1. The molecule has 0 aromatic rings. The predicted molar refractivity (Wildman–Crippen MR) is 63.4 cm³/mol. The van der Waals surface area contributed by atoms with Crippen LogP contribution in [0, 0.1) is 0 Å². The number of rotatable bonds is 7. The minimum Gasteiger partial charge on any atom is -0.349 e. The highest BCUT2D eigenvalue weighted by molar-refractivity contribution is 5.76. The molecule has 4 nitrogen and oxygen atoms in total. The Bertz CT molecular complexity index is 180. The van der Waals surface area contributed by atoms with E-state index in [0.717, 1.165) is 19.3 Å². The minimum absolute atomic E-state index is 0.0569. The SMILES string of the molecule is CCC(CC)(CN)NC(=O)CCC(C)N. The molecule has 5 N–H and O–H groups in total. The van der Waals surface area contributed by atoms with Crippen molar-refractivity contribution in [3.8, 4) is 0 Å². The highest BCUT2D eigenvalue weighted by Gasteiger charge is 2.25. The molecule has 0 aliphatic rings. The summed E-state index contributed by atoms with van der Waals surface area (Å²) < 4.78 is 0. The van der Waals surface area contributed by atoms with E-state index in [2.05, 4.69) is 5.32 Å². The first-order valence-electron chi connectivity index (χ1n) is 5.76. The lowest BCUT2D eigenvalue weighted by Gasteiger charge is -2.31. The monoisotopic (exact) mass is 215 g/mol. The van der Waals surface area contributed by atoms with Crippen LogP contribution in [0.15, 0.2) is 0 Å². The molecule has 15 heavy (non-hydrogen) atoms. The van der Waals surface area contributed by atoms with Crippen molar-refractivity contribution in [3.63, 3.8) is 0 Å². The molecule has 0 bridgehead atoms. The third-order valence-electron chi connectivity index (χ3n) is 2.98. The van der Waals surface area contributed by atoms with E-state index in [0.29, 0.717) is 13.0 Å². The van der Waals surface area contributed by atoms with Crippen molar-refractivity contribution in [2.24, 2.45) is 11.5 Å². The van der Waals surface area contributed by atoms with E-state index in [1.165, 1.54) is 0 Å². The molecular weight excluding hydrogens is 190 g/mol. The normalized spacial score (nSPS) is 13.7. The van der Waals surface area contributed by atoms with E-state index in [-0.39, 0.29) is 17.5 Å². The van der Waals surface area contributed by atoms with Crippen LogP contribution in [-0.2, 0) is 4.79 Å². The van der Waals surface area contributed by atoms with Gasteiger partial charge in [-0.15, -0.1) is 0 Å². The third kappa shape index (κ3) is 5.14. The summed E-state index contributed by atoms with van der Waals surface area (Å²) in [5, 5.41) is 3.02. The summed E-state index contributed by atoms with van der Waals surface area (Å²) in [5.41, 5.74) is 11.1. The second-order valence-electron chi connectivity index (χ2n) is 4.26. The molecule has 90 valence electrons. The maximum atomic E-state index is 11.6. The van der Waals surface area contributed by atoms with Crippen molar-refractivity contribution in [1.82, 2.24) is 5.32 Å². The van der Waals surface area contributed by atoms with Crippen LogP contribution in [-0.4, -0.2) is 24.0 Å². The van der Waals surface area contributed by atoms with E-state index in [1.54, 1.807) is 0 Å². The third-order valence-corrected chi connectivity index (χ3v) is 2.98. The van der Waals surface area contributed by atoms with E-state index in [4.69, 9.17) is 11.5 Å². The van der Waals surface area contributed by atoms with Crippen LogP contribution in [0.1, 0.15) is 46.5 Å². The highest BCUT2D eigenvalue weighted by Crippen LogP contribution is 2.13. The van der Waals surface area contributed by atoms with Gasteiger partial charge >= 0.3 is 0 Å². The summed E-state index contributed by atoms with van der Waals surface area (Å²) in [7, 11) is 0. The Hall–Kier alpha value is -0.610. The van der Waals surface area contributed by atoms with Gasteiger partial charge in [0.25, 0.3) is 0 Å². The molecule has 0 radical (unpaired) electrons. The van der Waals surface area contributed by atoms with E-state index < -0.39 is 0 Å². The minimum atomic E-state index is -0.227. The molecule has 0 aromatic carbocycles. The number of nitrogens with two attached hydrogens (primary N) is 2. The Labute approximate surface area is 92.8 Å². The fourth-order valence-corrected chi connectivity index (χ4v) is 1.48. The topological polar surface area (TPSA) is 81.1 Å². The van der Waals surface area contributed by atoms with Gasteiger partial charge in [-0.3, -0.25) is 4.79 Å².